The number of ether oxygens (including phenoxy) is 3. The van der Waals surface area contributed by atoms with Crippen LogP contribution in [0.3, 0.4) is 0 Å². The van der Waals surface area contributed by atoms with Crippen LogP contribution in [0.1, 0.15) is 25.3 Å². The van der Waals surface area contributed by atoms with Gasteiger partial charge >= 0.3 is 0 Å². The van der Waals surface area contributed by atoms with E-state index in [0.717, 1.165) is 50.0 Å². The lowest BCUT2D eigenvalue weighted by atomic mass is 10.1. The van der Waals surface area contributed by atoms with E-state index < -0.39 is 0 Å². The average molecular weight is 417 g/mol. The van der Waals surface area contributed by atoms with E-state index in [1.165, 1.54) is 0 Å². The Bertz CT molecular complexity index is 900. The van der Waals surface area contributed by atoms with Gasteiger partial charge in [0.2, 0.25) is 6.79 Å². The molecular weight excluding hydrogens is 390 g/mol. The number of fused-ring (bicyclic) bond motifs is 2. The Morgan fingerprint density at radius 2 is 1.93 bits per heavy atom. The summed E-state index contributed by atoms with van der Waals surface area (Å²) in [5.41, 5.74) is 1.43. The van der Waals surface area contributed by atoms with E-state index in [2.05, 4.69) is 27.0 Å². The van der Waals surface area contributed by atoms with Crippen molar-refractivity contribution in [1.82, 2.24) is 10.6 Å². The average Bonchev–Trinajstić information content (AvgIpc) is 3.18. The van der Waals surface area contributed by atoms with Crippen LogP contribution in [0.4, 0.5) is 5.82 Å². The quantitative estimate of drug-likeness (QED) is 0.399. The first-order chi connectivity index (χ1) is 14.2. The van der Waals surface area contributed by atoms with Crippen LogP contribution in [0, 0.1) is 11.3 Å². The molecule has 1 aromatic carbocycles. The molecule has 0 fully saturated rings. The maximum atomic E-state index is 9.47. The van der Waals surface area contributed by atoms with Crippen LogP contribution in [0.2, 0.25) is 0 Å². The fourth-order valence-electron chi connectivity index (χ4n) is 2.93. The Morgan fingerprint density at radius 3 is 2.69 bits per heavy atom. The first kappa shape index (κ1) is 20.9. The second-order valence-corrected chi connectivity index (χ2v) is 6.88. The maximum absolute atomic E-state index is 9.47. The van der Waals surface area contributed by atoms with Gasteiger partial charge in [0.05, 0.1) is 6.54 Å². The van der Waals surface area contributed by atoms with E-state index in [4.69, 9.17) is 26.4 Å². The van der Waals surface area contributed by atoms with Crippen molar-refractivity contribution in [3.8, 4) is 17.6 Å². The fourth-order valence-corrected chi connectivity index (χ4v) is 3.13. The van der Waals surface area contributed by atoms with Crippen molar-refractivity contribution in [2.24, 2.45) is 0 Å². The first-order valence-corrected chi connectivity index (χ1v) is 10.1. The number of nitrogens with zero attached hydrogens (tertiary/aromatic N) is 1. The summed E-state index contributed by atoms with van der Waals surface area (Å²) in [6.07, 6.45) is 1.77. The summed E-state index contributed by atoms with van der Waals surface area (Å²) in [6, 6.07) is 7.84. The molecule has 4 N–H and O–H groups in total. The standard InChI is InChI=1S/C20H25N5O3S/c1-2-26-8-4-7-24-20(29)23-6-3-5-22-19-15(12-21)9-14-10-17-18(28-13-27-17)11-16(14)25-19/h9-11H,2-8,13H2,1H3,(H,22,25)(H2,23,24,29)/p+1. The SMILES string of the molecule is CCOCCCNC(=S)NCCCNc1[nH+]c2cc3c(cc2cc1C#N)OCO3. The van der Waals surface area contributed by atoms with Crippen LogP contribution >= 0.6 is 12.2 Å². The molecule has 29 heavy (non-hydrogen) atoms. The van der Waals surface area contributed by atoms with Crippen molar-refractivity contribution >= 4 is 34.1 Å². The predicted octanol–water partition coefficient (Wildman–Crippen LogP) is 1.95. The minimum Gasteiger partial charge on any atom is -0.454 e. The molecule has 9 heteroatoms. The Hall–Kier alpha value is -2.83. The third kappa shape index (κ3) is 5.82. The first-order valence-electron chi connectivity index (χ1n) is 9.74. The summed E-state index contributed by atoms with van der Waals surface area (Å²) in [5, 5.41) is 20.6. The lowest BCUT2D eigenvalue weighted by Crippen LogP contribution is -2.37. The zero-order valence-corrected chi connectivity index (χ0v) is 17.3. The number of aromatic amines is 1. The van der Waals surface area contributed by atoms with Gasteiger partial charge in [-0.05, 0) is 37.7 Å². The highest BCUT2D eigenvalue weighted by Gasteiger charge is 2.18. The van der Waals surface area contributed by atoms with Crippen molar-refractivity contribution < 1.29 is 19.2 Å². The largest absolute Gasteiger partial charge is 0.454 e. The molecular formula is C20H26N5O3S+. The van der Waals surface area contributed by atoms with Crippen LogP contribution in [0.5, 0.6) is 11.5 Å². The van der Waals surface area contributed by atoms with Crippen molar-refractivity contribution in [3.63, 3.8) is 0 Å². The summed E-state index contributed by atoms with van der Waals surface area (Å²) in [7, 11) is 0. The lowest BCUT2D eigenvalue weighted by molar-refractivity contribution is -0.327. The Balaban J connectivity index is 1.45. The van der Waals surface area contributed by atoms with E-state index in [9.17, 15) is 5.26 Å². The number of thiocarbonyl (C=S) groups is 1. The number of H-pyrrole nitrogens is 1. The van der Waals surface area contributed by atoms with Crippen LogP contribution in [-0.4, -0.2) is 44.8 Å². The summed E-state index contributed by atoms with van der Waals surface area (Å²) in [6.45, 7) is 5.90. The van der Waals surface area contributed by atoms with Crippen molar-refractivity contribution in [2.75, 3.05) is 45.0 Å². The number of rotatable bonds is 10. The monoisotopic (exact) mass is 416 g/mol. The molecule has 2 aromatic rings. The molecule has 0 atom stereocenters. The minimum absolute atomic E-state index is 0.220. The molecule has 1 aliphatic rings. The van der Waals surface area contributed by atoms with Gasteiger partial charge in [-0.1, -0.05) is 0 Å². The summed E-state index contributed by atoms with van der Waals surface area (Å²) >= 11 is 5.25. The summed E-state index contributed by atoms with van der Waals surface area (Å²) < 4.78 is 16.1. The molecule has 2 heterocycles. The van der Waals surface area contributed by atoms with Gasteiger partial charge in [-0.15, -0.1) is 0 Å². The van der Waals surface area contributed by atoms with E-state index in [0.29, 0.717) is 34.5 Å². The maximum Gasteiger partial charge on any atom is 0.290 e. The van der Waals surface area contributed by atoms with Gasteiger partial charge in [0, 0.05) is 44.2 Å². The van der Waals surface area contributed by atoms with E-state index in [-0.39, 0.29) is 6.79 Å². The Labute approximate surface area is 175 Å². The summed E-state index contributed by atoms with van der Waals surface area (Å²) in [5.74, 6) is 2.09. The highest BCUT2D eigenvalue weighted by atomic mass is 32.1. The van der Waals surface area contributed by atoms with Crippen LogP contribution < -0.4 is 30.4 Å². The number of benzene rings is 1. The van der Waals surface area contributed by atoms with Crippen LogP contribution in [0.25, 0.3) is 10.9 Å². The molecule has 1 aliphatic heterocycles. The van der Waals surface area contributed by atoms with Gasteiger partial charge in [-0.2, -0.15) is 5.26 Å². The zero-order valence-electron chi connectivity index (χ0n) is 16.5. The topological polar surface area (TPSA) is 102 Å². The Morgan fingerprint density at radius 1 is 1.17 bits per heavy atom. The van der Waals surface area contributed by atoms with E-state index >= 15 is 0 Å². The minimum atomic E-state index is 0.220. The van der Waals surface area contributed by atoms with E-state index in [1.807, 2.05) is 25.1 Å². The molecule has 0 saturated heterocycles. The van der Waals surface area contributed by atoms with Crippen molar-refractivity contribution in [3.05, 3.63) is 23.8 Å². The zero-order chi connectivity index (χ0) is 20.5. The number of nitriles is 1. The normalized spacial score (nSPS) is 11.9. The molecule has 0 spiro atoms. The molecule has 0 amide bonds. The van der Waals surface area contributed by atoms with Gasteiger partial charge < -0.3 is 24.8 Å². The fraction of sp³-hybridized carbons (Fsp3) is 0.450. The van der Waals surface area contributed by atoms with Gasteiger partial charge in [0.1, 0.15) is 17.1 Å². The molecule has 0 aliphatic carbocycles. The number of hydrogen-bond acceptors (Lipinski definition) is 6. The number of anilines is 1. The molecule has 3 rings (SSSR count). The molecule has 0 bridgehead atoms. The lowest BCUT2D eigenvalue weighted by Gasteiger charge is -2.10. The van der Waals surface area contributed by atoms with Gasteiger partial charge in [0.15, 0.2) is 16.6 Å². The number of nitrogens with one attached hydrogen (secondary N) is 4. The number of hydrogen-bond donors (Lipinski definition) is 3. The van der Waals surface area contributed by atoms with Gasteiger partial charge in [0.25, 0.3) is 5.82 Å². The predicted molar refractivity (Wildman–Crippen MR) is 114 cm³/mol. The smallest absolute Gasteiger partial charge is 0.290 e. The molecule has 0 unspecified atom stereocenters. The summed E-state index contributed by atoms with van der Waals surface area (Å²) in [4.78, 5) is 3.28. The molecule has 154 valence electrons. The second-order valence-electron chi connectivity index (χ2n) is 6.48. The molecule has 0 saturated carbocycles. The van der Waals surface area contributed by atoms with E-state index in [1.54, 1.807) is 0 Å². The molecule has 8 nitrogen and oxygen atoms in total. The van der Waals surface area contributed by atoms with Crippen LogP contribution in [-0.2, 0) is 4.74 Å². The van der Waals surface area contributed by atoms with Crippen LogP contribution in [0.15, 0.2) is 18.2 Å². The molecule has 1 aromatic heterocycles. The van der Waals surface area contributed by atoms with Gasteiger partial charge in [-0.3, -0.25) is 5.32 Å². The third-order valence-corrected chi connectivity index (χ3v) is 4.68. The van der Waals surface area contributed by atoms with Crippen molar-refractivity contribution in [2.45, 2.75) is 19.8 Å². The van der Waals surface area contributed by atoms with Gasteiger partial charge in [-0.25, -0.2) is 4.98 Å². The second kappa shape index (κ2) is 10.6. The molecule has 0 radical (unpaired) electrons. The Kier molecular flexibility index (Phi) is 7.67. The number of pyridine rings is 1. The van der Waals surface area contributed by atoms with Crippen molar-refractivity contribution in [1.29, 1.82) is 5.26 Å². The number of aromatic nitrogens is 1. The highest BCUT2D eigenvalue weighted by molar-refractivity contribution is 7.80. The highest BCUT2D eigenvalue weighted by Crippen LogP contribution is 2.35. The third-order valence-electron chi connectivity index (χ3n) is 4.39.